The lowest BCUT2D eigenvalue weighted by molar-refractivity contribution is 0.0460. The largest absolute Gasteiger partial charge is 0.456 e. The Morgan fingerprint density at radius 3 is 2.74 bits per heavy atom. The summed E-state index contributed by atoms with van der Waals surface area (Å²) in [5, 5.41) is 0. The molecule has 100 valence electrons. The molecule has 0 radical (unpaired) electrons. The molecular formula is C15H18N2O2. The van der Waals surface area contributed by atoms with E-state index in [4.69, 9.17) is 10.5 Å². The van der Waals surface area contributed by atoms with Crippen molar-refractivity contribution in [3.05, 3.63) is 53.9 Å². The summed E-state index contributed by atoms with van der Waals surface area (Å²) in [4.78, 5) is 12.0. The molecule has 0 aliphatic carbocycles. The first kappa shape index (κ1) is 13.2. The molecule has 0 amide bonds. The molecule has 1 heterocycles. The third-order valence-corrected chi connectivity index (χ3v) is 2.80. The number of benzene rings is 1. The zero-order valence-corrected chi connectivity index (χ0v) is 11.0. The number of carbonyl (C=O) groups is 1. The number of hydrogen-bond donors (Lipinski definition) is 1. The van der Waals surface area contributed by atoms with Crippen LogP contribution in [-0.4, -0.2) is 10.5 Å². The van der Waals surface area contributed by atoms with Gasteiger partial charge in [-0.25, -0.2) is 4.79 Å². The third-order valence-electron chi connectivity index (χ3n) is 2.80. The van der Waals surface area contributed by atoms with E-state index in [-0.39, 0.29) is 12.6 Å². The number of hydrogen-bond acceptors (Lipinski definition) is 3. The van der Waals surface area contributed by atoms with Crippen molar-refractivity contribution in [3.63, 3.8) is 0 Å². The first-order valence-corrected chi connectivity index (χ1v) is 6.37. The predicted octanol–water partition coefficient (Wildman–Crippen LogP) is 2.84. The number of nitrogens with two attached hydrogens (primary N) is 1. The number of carbonyl (C=O) groups excluding carboxylic acids is 1. The van der Waals surface area contributed by atoms with E-state index in [1.807, 2.05) is 34.9 Å². The first-order chi connectivity index (χ1) is 9.20. The Morgan fingerprint density at radius 2 is 2.05 bits per heavy atom. The van der Waals surface area contributed by atoms with Gasteiger partial charge in [-0.3, -0.25) is 0 Å². The molecule has 0 aliphatic rings. The third kappa shape index (κ3) is 3.37. The highest BCUT2D eigenvalue weighted by molar-refractivity contribution is 5.89. The highest BCUT2D eigenvalue weighted by Gasteiger charge is 2.14. The summed E-state index contributed by atoms with van der Waals surface area (Å²) in [5.74, 6) is -0.339. The monoisotopic (exact) mass is 258 g/mol. The van der Waals surface area contributed by atoms with E-state index in [0.717, 1.165) is 18.5 Å². The normalized spacial score (nSPS) is 10.4. The summed E-state index contributed by atoms with van der Waals surface area (Å²) in [6.45, 7) is 3.08. The van der Waals surface area contributed by atoms with E-state index in [1.54, 1.807) is 12.3 Å². The molecule has 4 heteroatoms. The van der Waals surface area contributed by atoms with E-state index in [0.29, 0.717) is 11.4 Å². The Morgan fingerprint density at radius 1 is 1.32 bits per heavy atom. The average Bonchev–Trinajstić information content (AvgIpc) is 2.79. The maximum absolute atomic E-state index is 12.0. The molecule has 2 N–H and O–H groups in total. The van der Waals surface area contributed by atoms with Gasteiger partial charge in [-0.15, -0.1) is 0 Å². The van der Waals surface area contributed by atoms with Crippen molar-refractivity contribution in [2.75, 3.05) is 5.73 Å². The molecule has 2 rings (SSSR count). The molecule has 0 spiro atoms. The summed E-state index contributed by atoms with van der Waals surface area (Å²) in [6.07, 6.45) is 2.70. The molecule has 4 nitrogen and oxygen atoms in total. The fraction of sp³-hybridized carbons (Fsp3) is 0.267. The maximum Gasteiger partial charge on any atom is 0.355 e. The molecule has 0 atom stereocenters. The number of rotatable bonds is 5. The second-order valence-electron chi connectivity index (χ2n) is 4.41. The second kappa shape index (κ2) is 6.09. The van der Waals surface area contributed by atoms with E-state index in [1.165, 1.54) is 0 Å². The lowest BCUT2D eigenvalue weighted by Crippen LogP contribution is -2.11. The molecule has 0 unspecified atom stereocenters. The maximum atomic E-state index is 12.0. The van der Waals surface area contributed by atoms with E-state index >= 15 is 0 Å². The molecule has 0 fully saturated rings. The van der Waals surface area contributed by atoms with Crippen LogP contribution in [0.4, 0.5) is 5.69 Å². The predicted molar refractivity (Wildman–Crippen MR) is 74.7 cm³/mol. The number of nitrogens with zero attached hydrogens (tertiary/aromatic N) is 1. The minimum Gasteiger partial charge on any atom is -0.456 e. The molecule has 1 aromatic heterocycles. The second-order valence-corrected chi connectivity index (χ2v) is 4.41. The van der Waals surface area contributed by atoms with Crippen molar-refractivity contribution in [2.45, 2.75) is 26.5 Å². The molecule has 0 saturated heterocycles. The minimum atomic E-state index is -0.339. The highest BCUT2D eigenvalue weighted by Crippen LogP contribution is 2.13. The van der Waals surface area contributed by atoms with Gasteiger partial charge < -0.3 is 15.0 Å². The van der Waals surface area contributed by atoms with Crippen LogP contribution in [0.5, 0.6) is 0 Å². The van der Waals surface area contributed by atoms with Crippen LogP contribution in [-0.2, 0) is 17.9 Å². The standard InChI is InChI=1S/C15H18N2O2/c1-2-8-17-10-13(16)9-14(17)15(18)19-11-12-6-4-3-5-7-12/h3-7,9-10H,2,8,11,16H2,1H3. The van der Waals surface area contributed by atoms with Gasteiger partial charge in [0.25, 0.3) is 0 Å². The Kier molecular flexibility index (Phi) is 4.23. The zero-order valence-electron chi connectivity index (χ0n) is 11.0. The number of esters is 1. The molecule has 0 aliphatic heterocycles. The van der Waals surface area contributed by atoms with Crippen molar-refractivity contribution < 1.29 is 9.53 Å². The fourth-order valence-electron chi connectivity index (χ4n) is 1.93. The lowest BCUT2D eigenvalue weighted by Gasteiger charge is -2.08. The first-order valence-electron chi connectivity index (χ1n) is 6.37. The number of nitrogen functional groups attached to an aromatic ring is 1. The quantitative estimate of drug-likeness (QED) is 0.839. The van der Waals surface area contributed by atoms with Gasteiger partial charge in [0.1, 0.15) is 12.3 Å². The molecule has 1 aromatic carbocycles. The minimum absolute atomic E-state index is 0.275. The average molecular weight is 258 g/mol. The Bertz CT molecular complexity index is 547. The van der Waals surface area contributed by atoms with Gasteiger partial charge in [-0.05, 0) is 18.1 Å². The van der Waals surface area contributed by atoms with E-state index in [9.17, 15) is 4.79 Å². The van der Waals surface area contributed by atoms with Crippen LogP contribution >= 0.6 is 0 Å². The van der Waals surface area contributed by atoms with Crippen LogP contribution in [0.1, 0.15) is 29.4 Å². The SMILES string of the molecule is CCCn1cc(N)cc1C(=O)OCc1ccccc1. The summed E-state index contributed by atoms with van der Waals surface area (Å²) < 4.78 is 7.14. The number of ether oxygens (including phenoxy) is 1. The summed E-state index contributed by atoms with van der Waals surface area (Å²) in [5.41, 5.74) is 7.79. The molecule has 2 aromatic rings. The van der Waals surface area contributed by atoms with Gasteiger partial charge in [-0.2, -0.15) is 0 Å². The fourth-order valence-corrected chi connectivity index (χ4v) is 1.93. The van der Waals surface area contributed by atoms with Gasteiger partial charge in [0.2, 0.25) is 0 Å². The molecule has 0 saturated carbocycles. The van der Waals surface area contributed by atoms with Crippen LogP contribution in [0.3, 0.4) is 0 Å². The Hall–Kier alpha value is -2.23. The number of aromatic nitrogens is 1. The van der Waals surface area contributed by atoms with Crippen molar-refractivity contribution in [1.29, 1.82) is 0 Å². The topological polar surface area (TPSA) is 57.2 Å². The summed E-state index contributed by atoms with van der Waals surface area (Å²) in [6, 6.07) is 11.3. The van der Waals surface area contributed by atoms with E-state index < -0.39 is 0 Å². The van der Waals surface area contributed by atoms with Gasteiger partial charge in [-0.1, -0.05) is 37.3 Å². The van der Waals surface area contributed by atoms with Crippen LogP contribution in [0, 0.1) is 0 Å². The van der Waals surface area contributed by atoms with Gasteiger partial charge in [0, 0.05) is 12.7 Å². The van der Waals surface area contributed by atoms with Gasteiger partial charge in [0.15, 0.2) is 0 Å². The van der Waals surface area contributed by atoms with Crippen LogP contribution in [0.2, 0.25) is 0 Å². The molecule has 19 heavy (non-hydrogen) atoms. The van der Waals surface area contributed by atoms with Gasteiger partial charge >= 0.3 is 5.97 Å². The van der Waals surface area contributed by atoms with Crippen molar-refractivity contribution >= 4 is 11.7 Å². The van der Waals surface area contributed by atoms with Crippen LogP contribution in [0.25, 0.3) is 0 Å². The molecular weight excluding hydrogens is 240 g/mol. The number of aryl methyl sites for hydroxylation is 1. The van der Waals surface area contributed by atoms with Crippen LogP contribution in [0.15, 0.2) is 42.6 Å². The van der Waals surface area contributed by atoms with Crippen molar-refractivity contribution in [1.82, 2.24) is 4.57 Å². The summed E-state index contributed by atoms with van der Waals surface area (Å²) in [7, 11) is 0. The van der Waals surface area contributed by atoms with Crippen LogP contribution < -0.4 is 5.73 Å². The lowest BCUT2D eigenvalue weighted by atomic mass is 10.2. The van der Waals surface area contributed by atoms with Gasteiger partial charge in [0.05, 0.1) is 5.69 Å². The smallest absolute Gasteiger partial charge is 0.355 e. The highest BCUT2D eigenvalue weighted by atomic mass is 16.5. The Balaban J connectivity index is 2.03. The van der Waals surface area contributed by atoms with Crippen molar-refractivity contribution in [3.8, 4) is 0 Å². The Labute approximate surface area is 112 Å². The molecule has 0 bridgehead atoms. The van der Waals surface area contributed by atoms with Crippen molar-refractivity contribution in [2.24, 2.45) is 0 Å². The number of anilines is 1. The van der Waals surface area contributed by atoms with E-state index in [2.05, 4.69) is 6.92 Å². The zero-order chi connectivity index (χ0) is 13.7. The summed E-state index contributed by atoms with van der Waals surface area (Å²) >= 11 is 0.